The summed E-state index contributed by atoms with van der Waals surface area (Å²) in [4.78, 5) is 10.7. The first-order chi connectivity index (χ1) is 10.3. The molecule has 22 heavy (non-hydrogen) atoms. The molecule has 2 rings (SSSR count). The highest BCUT2D eigenvalue weighted by Gasteiger charge is 2.15. The van der Waals surface area contributed by atoms with Crippen molar-refractivity contribution >= 4 is 21.7 Å². The number of nitrogens with one attached hydrogen (secondary N) is 1. The Morgan fingerprint density at radius 1 is 1.09 bits per heavy atom. The molecule has 0 bridgehead atoms. The van der Waals surface area contributed by atoms with Crippen molar-refractivity contribution in [3.8, 4) is 0 Å². The van der Waals surface area contributed by atoms with E-state index in [0.29, 0.717) is 5.69 Å². The van der Waals surface area contributed by atoms with Gasteiger partial charge in [-0.2, -0.15) is 0 Å². The van der Waals surface area contributed by atoms with Crippen molar-refractivity contribution in [1.29, 1.82) is 0 Å². The molecule has 2 aromatic carbocycles. The Kier molecular flexibility index (Phi) is 4.51. The molecule has 5 nitrogen and oxygen atoms in total. The van der Waals surface area contributed by atoms with Gasteiger partial charge in [0, 0.05) is 5.69 Å². The highest BCUT2D eigenvalue weighted by atomic mass is 32.2. The molecule has 1 N–H and O–H groups in total. The van der Waals surface area contributed by atoms with Gasteiger partial charge in [0.05, 0.1) is 10.9 Å². The van der Waals surface area contributed by atoms with Gasteiger partial charge in [-0.1, -0.05) is 38.1 Å². The van der Waals surface area contributed by atoms with E-state index in [9.17, 15) is 18.3 Å². The second kappa shape index (κ2) is 6.19. The summed E-state index contributed by atoms with van der Waals surface area (Å²) in [5.74, 6) is -1.15. The molecular weight excluding hydrogens is 302 g/mol. The summed E-state index contributed by atoms with van der Waals surface area (Å²) in [6, 6.07) is 12.1. The normalized spacial score (nSPS) is 11.4. The van der Waals surface area contributed by atoms with Crippen LogP contribution in [0.1, 0.15) is 35.7 Å². The van der Waals surface area contributed by atoms with Gasteiger partial charge in [-0.25, -0.2) is 8.42 Å². The van der Waals surface area contributed by atoms with E-state index in [2.05, 4.69) is 4.72 Å². The van der Waals surface area contributed by atoms with Gasteiger partial charge in [-0.15, -0.1) is 0 Å². The number of rotatable bonds is 5. The Bertz CT molecular complexity index is 797. The molecular formula is C16H16NO4S-. The molecule has 0 saturated carbocycles. The fraction of sp³-hybridized carbons (Fsp3) is 0.188. The Morgan fingerprint density at radius 2 is 1.77 bits per heavy atom. The van der Waals surface area contributed by atoms with Gasteiger partial charge in [0.1, 0.15) is 0 Å². The van der Waals surface area contributed by atoms with Gasteiger partial charge < -0.3 is 9.90 Å². The van der Waals surface area contributed by atoms with E-state index < -0.39 is 16.0 Å². The fourth-order valence-corrected chi connectivity index (χ4v) is 3.06. The van der Waals surface area contributed by atoms with Crippen molar-refractivity contribution in [3.63, 3.8) is 0 Å². The van der Waals surface area contributed by atoms with Crippen LogP contribution in [0.2, 0.25) is 0 Å². The predicted molar refractivity (Wildman–Crippen MR) is 82.1 cm³/mol. The van der Waals surface area contributed by atoms with Crippen molar-refractivity contribution in [3.05, 3.63) is 59.7 Å². The first kappa shape index (κ1) is 16.0. The maximum absolute atomic E-state index is 12.3. The average Bonchev–Trinajstić information content (AvgIpc) is 2.47. The molecule has 0 fully saturated rings. The number of anilines is 1. The van der Waals surface area contributed by atoms with Crippen LogP contribution in [0, 0.1) is 0 Å². The zero-order chi connectivity index (χ0) is 16.3. The van der Waals surface area contributed by atoms with Gasteiger partial charge in [-0.05, 0) is 41.3 Å². The summed E-state index contributed by atoms with van der Waals surface area (Å²) in [5.41, 5.74) is 1.26. The van der Waals surface area contributed by atoms with Crippen LogP contribution in [-0.2, 0) is 10.0 Å². The number of aromatic carboxylic acids is 1. The van der Waals surface area contributed by atoms with Crippen LogP contribution >= 0.6 is 0 Å². The van der Waals surface area contributed by atoms with Crippen LogP contribution in [0.5, 0.6) is 0 Å². The van der Waals surface area contributed by atoms with Crippen molar-refractivity contribution in [2.45, 2.75) is 24.7 Å². The Hall–Kier alpha value is -2.34. The topological polar surface area (TPSA) is 86.3 Å². The van der Waals surface area contributed by atoms with Gasteiger partial charge in [0.25, 0.3) is 10.0 Å². The Labute approximate surface area is 129 Å². The molecule has 0 saturated heterocycles. The first-order valence-electron chi connectivity index (χ1n) is 6.74. The minimum Gasteiger partial charge on any atom is -0.545 e. The molecule has 2 aromatic rings. The molecule has 116 valence electrons. The van der Waals surface area contributed by atoms with Crippen molar-refractivity contribution < 1.29 is 18.3 Å². The predicted octanol–water partition coefficient (Wildman–Crippen LogP) is 1.97. The van der Waals surface area contributed by atoms with Crippen LogP contribution < -0.4 is 9.83 Å². The summed E-state index contributed by atoms with van der Waals surface area (Å²) in [5, 5.41) is 10.8. The van der Waals surface area contributed by atoms with E-state index in [1.54, 1.807) is 18.2 Å². The third kappa shape index (κ3) is 3.65. The van der Waals surface area contributed by atoms with E-state index in [1.807, 2.05) is 19.9 Å². The lowest BCUT2D eigenvalue weighted by Gasteiger charge is -2.12. The molecule has 0 spiro atoms. The first-order valence-corrected chi connectivity index (χ1v) is 8.22. The second-order valence-corrected chi connectivity index (χ2v) is 6.88. The number of carbonyl (C=O) groups excluding carboxylic acids is 1. The zero-order valence-electron chi connectivity index (χ0n) is 12.2. The number of carbonyl (C=O) groups is 1. The van der Waals surface area contributed by atoms with E-state index in [0.717, 1.165) is 11.6 Å². The quantitative estimate of drug-likeness (QED) is 0.913. The summed E-state index contributed by atoms with van der Waals surface area (Å²) >= 11 is 0. The lowest BCUT2D eigenvalue weighted by atomic mass is 10.0. The van der Waals surface area contributed by atoms with Crippen LogP contribution in [0.25, 0.3) is 0 Å². The van der Waals surface area contributed by atoms with E-state index in [1.165, 1.54) is 18.2 Å². The summed E-state index contributed by atoms with van der Waals surface area (Å²) in [6.07, 6.45) is 0. The lowest BCUT2D eigenvalue weighted by Crippen LogP contribution is -2.23. The average molecular weight is 318 g/mol. The third-order valence-electron chi connectivity index (χ3n) is 3.19. The molecule has 0 heterocycles. The second-order valence-electron chi connectivity index (χ2n) is 5.20. The molecule has 0 unspecified atom stereocenters. The highest BCUT2D eigenvalue weighted by Crippen LogP contribution is 2.21. The SMILES string of the molecule is CC(C)c1cccc(NS(=O)(=O)c2cccc(C(=O)[O-])c2)c1. The number of carboxylic acids is 1. The third-order valence-corrected chi connectivity index (χ3v) is 4.56. The molecule has 0 aliphatic heterocycles. The number of hydrogen-bond acceptors (Lipinski definition) is 4. The van der Waals surface area contributed by atoms with Crippen LogP contribution in [0.15, 0.2) is 53.4 Å². The molecule has 0 aliphatic carbocycles. The summed E-state index contributed by atoms with van der Waals surface area (Å²) in [6.45, 7) is 4.02. The van der Waals surface area contributed by atoms with E-state index in [4.69, 9.17) is 0 Å². The van der Waals surface area contributed by atoms with Crippen molar-refractivity contribution in [2.24, 2.45) is 0 Å². The molecule has 0 aliphatic rings. The monoisotopic (exact) mass is 318 g/mol. The smallest absolute Gasteiger partial charge is 0.261 e. The van der Waals surface area contributed by atoms with Gasteiger partial charge >= 0.3 is 0 Å². The van der Waals surface area contributed by atoms with Crippen LogP contribution in [0.4, 0.5) is 5.69 Å². The van der Waals surface area contributed by atoms with Crippen LogP contribution in [-0.4, -0.2) is 14.4 Å². The lowest BCUT2D eigenvalue weighted by molar-refractivity contribution is -0.255. The zero-order valence-corrected chi connectivity index (χ0v) is 13.1. The van der Waals surface area contributed by atoms with Gasteiger partial charge in [-0.3, -0.25) is 4.72 Å². The minimum absolute atomic E-state index is 0.121. The van der Waals surface area contributed by atoms with Gasteiger partial charge in [0.15, 0.2) is 0 Å². The van der Waals surface area contributed by atoms with E-state index >= 15 is 0 Å². The van der Waals surface area contributed by atoms with Crippen LogP contribution in [0.3, 0.4) is 0 Å². The number of carboxylic acid groups (broad SMARTS) is 1. The largest absolute Gasteiger partial charge is 0.545 e. The Morgan fingerprint density at radius 3 is 2.41 bits per heavy atom. The van der Waals surface area contributed by atoms with E-state index in [-0.39, 0.29) is 16.4 Å². The van der Waals surface area contributed by atoms with Crippen molar-refractivity contribution in [2.75, 3.05) is 4.72 Å². The van der Waals surface area contributed by atoms with Gasteiger partial charge in [0.2, 0.25) is 0 Å². The summed E-state index contributed by atoms with van der Waals surface area (Å²) < 4.78 is 27.1. The maximum atomic E-state index is 12.3. The number of benzene rings is 2. The molecule has 0 amide bonds. The number of sulfonamides is 1. The molecule has 0 aromatic heterocycles. The fourth-order valence-electron chi connectivity index (χ4n) is 1.97. The highest BCUT2D eigenvalue weighted by molar-refractivity contribution is 7.92. The number of hydrogen-bond donors (Lipinski definition) is 1. The standard InChI is InChI=1S/C16H17NO4S/c1-11(2)12-5-3-7-14(9-12)17-22(20,21)15-8-4-6-13(10-15)16(18)19/h3-11,17H,1-2H3,(H,18,19)/p-1. The molecule has 0 radical (unpaired) electrons. The van der Waals surface area contributed by atoms with Crippen molar-refractivity contribution in [1.82, 2.24) is 0 Å². The molecule has 6 heteroatoms. The minimum atomic E-state index is -3.85. The molecule has 0 atom stereocenters. The Balaban J connectivity index is 2.34. The maximum Gasteiger partial charge on any atom is 0.261 e. The summed E-state index contributed by atoms with van der Waals surface area (Å²) in [7, 11) is -3.85.